The van der Waals surface area contributed by atoms with E-state index in [1.807, 2.05) is 0 Å². The fourth-order valence-electron chi connectivity index (χ4n) is 2.66. The van der Waals surface area contributed by atoms with Gasteiger partial charge in [0, 0.05) is 11.8 Å². The highest BCUT2D eigenvalue weighted by molar-refractivity contribution is 7.99. The minimum Gasteiger partial charge on any atom is -0.480 e. The third-order valence-electron chi connectivity index (χ3n) is 4.20. The number of nitrogens with one attached hydrogen (secondary N) is 1. The van der Waals surface area contributed by atoms with Crippen LogP contribution in [-0.4, -0.2) is 45.7 Å². The molecule has 4 atom stereocenters. The third kappa shape index (κ3) is 2.58. The van der Waals surface area contributed by atoms with Gasteiger partial charge in [0.25, 0.3) is 0 Å². The molecule has 0 aromatic heterocycles. The van der Waals surface area contributed by atoms with E-state index < -0.39 is 12.0 Å². The standard InChI is InChI=1S/C12H20N2O3S/c1-7-3-4-9(8(7)2)13-12(17)14-6-18-5-10(14)11(15)16/h7-10H,3-6H2,1-2H3,(H,13,17)(H,15,16)/t7?,8?,9?,10-/m0/s1. The van der Waals surface area contributed by atoms with E-state index >= 15 is 0 Å². The van der Waals surface area contributed by atoms with Crippen LogP contribution in [-0.2, 0) is 4.79 Å². The van der Waals surface area contributed by atoms with Gasteiger partial charge < -0.3 is 15.3 Å². The number of nitrogens with zero attached hydrogens (tertiary/aromatic N) is 1. The second-order valence-electron chi connectivity index (χ2n) is 5.29. The first-order chi connectivity index (χ1) is 8.50. The van der Waals surface area contributed by atoms with Crippen LogP contribution in [0.5, 0.6) is 0 Å². The third-order valence-corrected chi connectivity index (χ3v) is 5.21. The van der Waals surface area contributed by atoms with E-state index in [1.54, 1.807) is 0 Å². The van der Waals surface area contributed by atoms with Crippen LogP contribution in [0, 0.1) is 11.8 Å². The van der Waals surface area contributed by atoms with Crippen molar-refractivity contribution in [2.45, 2.75) is 38.8 Å². The largest absolute Gasteiger partial charge is 0.480 e. The maximum atomic E-state index is 12.1. The average molecular weight is 272 g/mol. The molecule has 102 valence electrons. The Morgan fingerprint density at radius 3 is 2.61 bits per heavy atom. The Morgan fingerprint density at radius 1 is 1.33 bits per heavy atom. The van der Waals surface area contributed by atoms with E-state index in [2.05, 4.69) is 19.2 Å². The van der Waals surface area contributed by atoms with Gasteiger partial charge in [-0.05, 0) is 24.7 Å². The van der Waals surface area contributed by atoms with Crippen LogP contribution in [0.1, 0.15) is 26.7 Å². The Labute approximate surface area is 111 Å². The van der Waals surface area contributed by atoms with Crippen LogP contribution in [0.4, 0.5) is 4.79 Å². The molecule has 3 unspecified atom stereocenters. The number of hydrogen-bond donors (Lipinski definition) is 2. The van der Waals surface area contributed by atoms with E-state index in [0.717, 1.165) is 12.8 Å². The van der Waals surface area contributed by atoms with Crippen LogP contribution in [0.25, 0.3) is 0 Å². The number of hydrogen-bond acceptors (Lipinski definition) is 3. The van der Waals surface area contributed by atoms with E-state index in [1.165, 1.54) is 16.7 Å². The summed E-state index contributed by atoms with van der Waals surface area (Å²) in [6.45, 7) is 4.35. The summed E-state index contributed by atoms with van der Waals surface area (Å²) in [5.74, 6) is 1.13. The monoisotopic (exact) mass is 272 g/mol. The second-order valence-corrected chi connectivity index (χ2v) is 6.29. The zero-order valence-electron chi connectivity index (χ0n) is 10.8. The lowest BCUT2D eigenvalue weighted by Crippen LogP contribution is -2.50. The van der Waals surface area contributed by atoms with Gasteiger partial charge in [-0.25, -0.2) is 9.59 Å². The van der Waals surface area contributed by atoms with E-state index in [9.17, 15) is 9.59 Å². The number of amides is 2. The highest BCUT2D eigenvalue weighted by Crippen LogP contribution is 2.31. The molecular weight excluding hydrogens is 252 g/mol. The highest BCUT2D eigenvalue weighted by atomic mass is 32.2. The zero-order valence-corrected chi connectivity index (χ0v) is 11.6. The molecule has 2 rings (SSSR count). The van der Waals surface area contributed by atoms with Gasteiger partial charge in [0.2, 0.25) is 0 Å². The maximum absolute atomic E-state index is 12.1. The summed E-state index contributed by atoms with van der Waals surface area (Å²) in [4.78, 5) is 24.6. The number of carboxylic acid groups (broad SMARTS) is 1. The Bertz CT molecular complexity index is 350. The molecule has 0 radical (unpaired) electrons. The van der Waals surface area contributed by atoms with Gasteiger partial charge in [0.1, 0.15) is 6.04 Å². The van der Waals surface area contributed by atoms with Crippen molar-refractivity contribution in [1.29, 1.82) is 0 Å². The normalized spacial score (nSPS) is 35.8. The lowest BCUT2D eigenvalue weighted by molar-refractivity contribution is -0.140. The number of carbonyl (C=O) groups excluding carboxylic acids is 1. The van der Waals surface area contributed by atoms with Gasteiger partial charge in [0.15, 0.2) is 0 Å². The molecule has 0 aromatic rings. The van der Waals surface area contributed by atoms with Crippen molar-refractivity contribution in [1.82, 2.24) is 10.2 Å². The lowest BCUT2D eigenvalue weighted by atomic mass is 9.98. The van der Waals surface area contributed by atoms with E-state index in [0.29, 0.717) is 23.5 Å². The molecule has 2 amide bonds. The van der Waals surface area contributed by atoms with Crippen LogP contribution in [0.15, 0.2) is 0 Å². The lowest BCUT2D eigenvalue weighted by Gasteiger charge is -2.25. The first-order valence-corrected chi connectivity index (χ1v) is 7.54. The number of urea groups is 1. The number of thioether (sulfide) groups is 1. The molecular formula is C12H20N2O3S. The Morgan fingerprint density at radius 2 is 2.06 bits per heavy atom. The predicted octanol–water partition coefficient (Wildman–Crippen LogP) is 1.59. The number of rotatable bonds is 2. The molecule has 2 fully saturated rings. The van der Waals surface area contributed by atoms with Crippen molar-refractivity contribution < 1.29 is 14.7 Å². The van der Waals surface area contributed by atoms with Gasteiger partial charge in [-0.1, -0.05) is 13.8 Å². The summed E-state index contributed by atoms with van der Waals surface area (Å²) in [6, 6.07) is -0.713. The summed E-state index contributed by atoms with van der Waals surface area (Å²) in [5, 5.41) is 12.0. The summed E-state index contributed by atoms with van der Waals surface area (Å²) < 4.78 is 0. The maximum Gasteiger partial charge on any atom is 0.327 e. The fourth-order valence-corrected chi connectivity index (χ4v) is 3.80. The molecule has 18 heavy (non-hydrogen) atoms. The van der Waals surface area contributed by atoms with Crippen molar-refractivity contribution in [3.05, 3.63) is 0 Å². The highest BCUT2D eigenvalue weighted by Gasteiger charge is 2.37. The smallest absolute Gasteiger partial charge is 0.327 e. The molecule has 6 heteroatoms. The molecule has 0 spiro atoms. The summed E-state index contributed by atoms with van der Waals surface area (Å²) in [6.07, 6.45) is 2.12. The van der Waals surface area contributed by atoms with Crippen molar-refractivity contribution in [3.8, 4) is 0 Å². The van der Waals surface area contributed by atoms with Gasteiger partial charge in [-0.2, -0.15) is 0 Å². The van der Waals surface area contributed by atoms with Gasteiger partial charge in [0.05, 0.1) is 5.88 Å². The van der Waals surface area contributed by atoms with Crippen molar-refractivity contribution in [3.63, 3.8) is 0 Å². The van der Waals surface area contributed by atoms with Crippen molar-refractivity contribution >= 4 is 23.8 Å². The van der Waals surface area contributed by atoms with Crippen LogP contribution >= 0.6 is 11.8 Å². The van der Waals surface area contributed by atoms with Crippen LogP contribution < -0.4 is 5.32 Å². The van der Waals surface area contributed by atoms with Crippen molar-refractivity contribution in [2.24, 2.45) is 11.8 Å². The SMILES string of the molecule is CC1CCC(NC(=O)N2CSC[C@H]2C(=O)O)C1C. The minimum absolute atomic E-state index is 0.188. The molecule has 1 aliphatic heterocycles. The predicted molar refractivity (Wildman–Crippen MR) is 70.5 cm³/mol. The Balaban J connectivity index is 1.94. The summed E-state index contributed by atoms with van der Waals surface area (Å²) >= 11 is 1.49. The van der Waals surface area contributed by atoms with Gasteiger partial charge in [-0.3, -0.25) is 0 Å². The van der Waals surface area contributed by atoms with E-state index in [-0.39, 0.29) is 12.1 Å². The van der Waals surface area contributed by atoms with Crippen LogP contribution in [0.2, 0.25) is 0 Å². The van der Waals surface area contributed by atoms with Crippen molar-refractivity contribution in [2.75, 3.05) is 11.6 Å². The van der Waals surface area contributed by atoms with Gasteiger partial charge >= 0.3 is 12.0 Å². The quantitative estimate of drug-likeness (QED) is 0.801. The van der Waals surface area contributed by atoms with Crippen LogP contribution in [0.3, 0.4) is 0 Å². The molecule has 1 saturated heterocycles. The Hall–Kier alpha value is -0.910. The summed E-state index contributed by atoms with van der Waals surface area (Å²) in [5.41, 5.74) is 0. The fraction of sp³-hybridized carbons (Fsp3) is 0.833. The first kappa shape index (κ1) is 13.5. The first-order valence-electron chi connectivity index (χ1n) is 6.38. The molecule has 0 aromatic carbocycles. The molecule has 1 heterocycles. The molecule has 2 aliphatic rings. The summed E-state index contributed by atoms with van der Waals surface area (Å²) in [7, 11) is 0. The van der Waals surface area contributed by atoms with Gasteiger partial charge in [-0.15, -0.1) is 11.8 Å². The molecule has 2 N–H and O–H groups in total. The Kier molecular flexibility index (Phi) is 4.04. The molecule has 5 nitrogen and oxygen atoms in total. The topological polar surface area (TPSA) is 69.6 Å². The zero-order chi connectivity index (χ0) is 13.3. The molecule has 1 aliphatic carbocycles. The average Bonchev–Trinajstić information content (AvgIpc) is 2.91. The second kappa shape index (κ2) is 5.38. The number of aliphatic carboxylic acids is 1. The molecule has 0 bridgehead atoms. The number of carbonyl (C=O) groups is 2. The minimum atomic E-state index is -0.914. The molecule has 1 saturated carbocycles. The number of carboxylic acids is 1. The van der Waals surface area contributed by atoms with E-state index in [4.69, 9.17) is 5.11 Å².